The predicted molar refractivity (Wildman–Crippen MR) is 121 cm³/mol. The lowest BCUT2D eigenvalue weighted by atomic mass is 10.0. The topological polar surface area (TPSA) is 52.7 Å². The number of halogens is 1. The zero-order chi connectivity index (χ0) is 22.3. The van der Waals surface area contributed by atoms with Gasteiger partial charge in [0, 0.05) is 43.2 Å². The van der Waals surface area contributed by atoms with E-state index in [9.17, 15) is 9.18 Å². The van der Waals surface area contributed by atoms with E-state index in [1.54, 1.807) is 27.7 Å². The van der Waals surface area contributed by atoms with Crippen LogP contribution < -0.4 is 0 Å². The molecule has 5 nitrogen and oxygen atoms in total. The minimum absolute atomic E-state index is 0.0908. The smallest absolute Gasteiger partial charge is 0.162 e. The molecule has 0 aliphatic heterocycles. The van der Waals surface area contributed by atoms with Gasteiger partial charge in [0.05, 0.1) is 17.4 Å². The third-order valence-corrected chi connectivity index (χ3v) is 5.13. The first-order chi connectivity index (χ1) is 15.6. The van der Waals surface area contributed by atoms with Crippen molar-refractivity contribution in [3.8, 4) is 17.5 Å². The number of aromatic nitrogens is 4. The Morgan fingerprint density at radius 3 is 2.62 bits per heavy atom. The Labute approximate surface area is 186 Å². The molecule has 0 unspecified atom stereocenters. The first kappa shape index (κ1) is 21.3. The molecule has 6 heteroatoms. The Morgan fingerprint density at radius 1 is 1.06 bits per heavy atom. The largest absolute Gasteiger partial charge is 0.294 e. The molecule has 0 bridgehead atoms. The number of carbonyl (C=O) groups is 1. The van der Waals surface area contributed by atoms with Crippen molar-refractivity contribution in [2.24, 2.45) is 7.05 Å². The fraction of sp³-hybridized carbons (Fsp3) is 0.192. The summed E-state index contributed by atoms with van der Waals surface area (Å²) in [5.41, 5.74) is 3.99. The molecule has 0 amide bonds. The van der Waals surface area contributed by atoms with E-state index in [1.165, 1.54) is 17.7 Å². The summed E-state index contributed by atoms with van der Waals surface area (Å²) in [7, 11) is 1.90. The van der Waals surface area contributed by atoms with E-state index in [0.717, 1.165) is 24.9 Å². The third-order valence-electron chi connectivity index (χ3n) is 5.13. The number of rotatable bonds is 7. The van der Waals surface area contributed by atoms with E-state index in [0.29, 0.717) is 23.1 Å². The van der Waals surface area contributed by atoms with Crippen LogP contribution in [0.1, 0.15) is 46.3 Å². The van der Waals surface area contributed by atoms with Crippen LogP contribution in [-0.2, 0) is 13.5 Å². The zero-order valence-corrected chi connectivity index (χ0v) is 17.8. The number of unbranched alkanes of at least 4 members (excludes halogenated alkanes) is 1. The van der Waals surface area contributed by atoms with Gasteiger partial charge in [-0.2, -0.15) is 10.2 Å². The highest BCUT2D eigenvalue weighted by molar-refractivity contribution is 5.96. The monoisotopic (exact) mass is 426 g/mol. The van der Waals surface area contributed by atoms with Crippen LogP contribution in [-0.4, -0.2) is 25.3 Å². The maximum atomic E-state index is 13.2. The minimum atomic E-state index is -0.302. The Morgan fingerprint density at radius 2 is 1.91 bits per heavy atom. The fourth-order valence-electron chi connectivity index (χ4n) is 3.45. The molecular weight excluding hydrogens is 403 g/mol. The Balaban J connectivity index is 1.49. The summed E-state index contributed by atoms with van der Waals surface area (Å²) in [4.78, 5) is 12.8. The number of ketones is 1. The number of hydrogen-bond donors (Lipinski definition) is 0. The van der Waals surface area contributed by atoms with E-state index in [-0.39, 0.29) is 11.6 Å². The summed E-state index contributed by atoms with van der Waals surface area (Å²) in [6, 6.07) is 13.4. The van der Waals surface area contributed by atoms with Crippen LogP contribution in [0.2, 0.25) is 0 Å². The molecule has 0 spiro atoms. The summed E-state index contributed by atoms with van der Waals surface area (Å²) < 4.78 is 16.7. The fourth-order valence-corrected chi connectivity index (χ4v) is 3.45. The lowest BCUT2D eigenvalue weighted by Gasteiger charge is -2.08. The molecule has 160 valence electrons. The number of Topliss-reactive ketones (excluding diaryl/α,β-unsaturated/α-hetero) is 1. The van der Waals surface area contributed by atoms with Crippen LogP contribution in [0.25, 0.3) is 5.69 Å². The highest BCUT2D eigenvalue weighted by Crippen LogP contribution is 2.18. The molecule has 0 saturated heterocycles. The molecule has 2 aromatic carbocycles. The Kier molecular flexibility index (Phi) is 6.57. The van der Waals surface area contributed by atoms with Gasteiger partial charge in [-0.25, -0.2) is 9.07 Å². The van der Waals surface area contributed by atoms with E-state index in [1.807, 2.05) is 49.9 Å². The average Bonchev–Trinajstić information content (AvgIpc) is 3.48. The molecule has 0 fully saturated rings. The summed E-state index contributed by atoms with van der Waals surface area (Å²) in [6.07, 6.45) is 10.5. The maximum Gasteiger partial charge on any atom is 0.162 e. The number of carbonyl (C=O) groups excluding carboxylic acids is 1. The zero-order valence-electron chi connectivity index (χ0n) is 17.8. The normalized spacial score (nSPS) is 10.6. The molecule has 32 heavy (non-hydrogen) atoms. The molecule has 4 aromatic rings. The molecule has 0 atom stereocenters. The van der Waals surface area contributed by atoms with Gasteiger partial charge in [-0.1, -0.05) is 11.8 Å². The first-order valence-electron chi connectivity index (χ1n) is 10.5. The quantitative estimate of drug-likeness (QED) is 0.244. The Bertz CT molecular complexity index is 1260. The van der Waals surface area contributed by atoms with E-state index in [2.05, 4.69) is 22.0 Å². The van der Waals surface area contributed by atoms with Crippen LogP contribution in [0.4, 0.5) is 4.39 Å². The Hall–Kier alpha value is -3.98. The van der Waals surface area contributed by atoms with Crippen molar-refractivity contribution < 1.29 is 9.18 Å². The molecule has 0 aliphatic carbocycles. The molecule has 4 rings (SSSR count). The van der Waals surface area contributed by atoms with Gasteiger partial charge in [0.1, 0.15) is 5.82 Å². The van der Waals surface area contributed by atoms with Gasteiger partial charge in [0.25, 0.3) is 0 Å². The predicted octanol–water partition coefficient (Wildman–Crippen LogP) is 4.74. The first-order valence-corrected chi connectivity index (χ1v) is 10.5. The standard InChI is InChI=1S/C26H23FN4O/c1-30-19-21(18-29-30)5-2-3-6-26(32)23-11-14-25(31-16-4-15-28-31)22(17-23)10-7-20-8-12-24(27)13-9-20/h4,8-9,11-19H,2-3,5-6H2,1H3. The van der Waals surface area contributed by atoms with Gasteiger partial charge >= 0.3 is 0 Å². The summed E-state index contributed by atoms with van der Waals surface area (Å²) in [5.74, 6) is 5.97. The van der Waals surface area contributed by atoms with Gasteiger partial charge in [0.15, 0.2) is 5.78 Å². The lowest BCUT2D eigenvalue weighted by molar-refractivity contribution is 0.0979. The molecule has 0 radical (unpaired) electrons. The van der Waals surface area contributed by atoms with Crippen molar-refractivity contribution >= 4 is 5.78 Å². The summed E-state index contributed by atoms with van der Waals surface area (Å²) >= 11 is 0. The van der Waals surface area contributed by atoms with Crippen molar-refractivity contribution in [1.29, 1.82) is 0 Å². The number of nitrogens with zero attached hydrogens (tertiary/aromatic N) is 4. The number of aryl methyl sites for hydroxylation is 2. The molecule has 2 aromatic heterocycles. The van der Waals surface area contributed by atoms with E-state index in [4.69, 9.17) is 0 Å². The molecule has 0 N–H and O–H groups in total. The van der Waals surface area contributed by atoms with Crippen LogP contribution in [0.15, 0.2) is 73.3 Å². The van der Waals surface area contributed by atoms with Crippen molar-refractivity contribution in [1.82, 2.24) is 19.6 Å². The molecule has 2 heterocycles. The third kappa shape index (κ3) is 5.38. The average molecular weight is 426 g/mol. The van der Waals surface area contributed by atoms with Gasteiger partial charge < -0.3 is 0 Å². The second-order valence-corrected chi connectivity index (χ2v) is 7.59. The van der Waals surface area contributed by atoms with E-state index >= 15 is 0 Å². The SMILES string of the molecule is Cn1cc(CCCCC(=O)c2ccc(-n3cccn3)c(C#Cc3ccc(F)cc3)c2)cn1. The minimum Gasteiger partial charge on any atom is -0.294 e. The highest BCUT2D eigenvalue weighted by atomic mass is 19.1. The van der Waals surface area contributed by atoms with Gasteiger partial charge in [-0.15, -0.1) is 0 Å². The number of benzene rings is 2. The van der Waals surface area contributed by atoms with Gasteiger partial charge in [-0.05, 0) is 73.4 Å². The summed E-state index contributed by atoms with van der Waals surface area (Å²) in [5, 5.41) is 8.46. The maximum absolute atomic E-state index is 13.2. The molecular formula is C26H23FN4O. The highest BCUT2D eigenvalue weighted by Gasteiger charge is 2.11. The molecule has 0 aliphatic rings. The van der Waals surface area contributed by atoms with Crippen molar-refractivity contribution in [3.63, 3.8) is 0 Å². The van der Waals surface area contributed by atoms with Crippen LogP contribution in [0, 0.1) is 17.7 Å². The summed E-state index contributed by atoms with van der Waals surface area (Å²) in [6.45, 7) is 0. The molecule has 0 saturated carbocycles. The van der Waals surface area contributed by atoms with E-state index < -0.39 is 0 Å². The lowest BCUT2D eigenvalue weighted by Crippen LogP contribution is -2.04. The van der Waals surface area contributed by atoms with Crippen LogP contribution in [0.3, 0.4) is 0 Å². The van der Waals surface area contributed by atoms with Gasteiger partial charge in [0.2, 0.25) is 0 Å². The number of hydrogen-bond acceptors (Lipinski definition) is 3. The second kappa shape index (κ2) is 9.88. The van der Waals surface area contributed by atoms with Crippen LogP contribution in [0.5, 0.6) is 0 Å². The second-order valence-electron chi connectivity index (χ2n) is 7.59. The van der Waals surface area contributed by atoms with Crippen molar-refractivity contribution in [3.05, 3.63) is 101 Å². The van der Waals surface area contributed by atoms with Crippen LogP contribution >= 0.6 is 0 Å². The van der Waals surface area contributed by atoms with Crippen molar-refractivity contribution in [2.45, 2.75) is 25.7 Å². The van der Waals surface area contributed by atoms with Gasteiger partial charge in [-0.3, -0.25) is 9.48 Å². The van der Waals surface area contributed by atoms with Crippen molar-refractivity contribution in [2.75, 3.05) is 0 Å².